The van der Waals surface area contributed by atoms with Crippen molar-refractivity contribution in [2.24, 2.45) is 0 Å². The minimum absolute atomic E-state index is 0.314. The van der Waals surface area contributed by atoms with Crippen molar-refractivity contribution >= 4 is 11.1 Å². The lowest BCUT2D eigenvalue weighted by Gasteiger charge is -2.05. The molecular formula is C14H8N2O2S. The Morgan fingerprint density at radius 1 is 0.947 bits per heavy atom. The predicted octanol–water partition coefficient (Wildman–Crippen LogP) is 2.53. The fourth-order valence-electron chi connectivity index (χ4n) is 1.42. The molecular weight excluding hydrogens is 260 g/mol. The van der Waals surface area contributed by atoms with Gasteiger partial charge in [-0.2, -0.15) is 10.5 Å². The minimum Gasteiger partial charge on any atom is -0.397 e. The fraction of sp³-hybridized carbons (Fsp3) is 0. The van der Waals surface area contributed by atoms with Crippen LogP contribution in [0.1, 0.15) is 11.1 Å². The third-order valence-electron chi connectivity index (χ3n) is 2.34. The van der Waals surface area contributed by atoms with Crippen LogP contribution in [0.2, 0.25) is 0 Å². The Labute approximate surface area is 113 Å². The maximum Gasteiger partial charge on any atom is 0.242 e. The van der Waals surface area contributed by atoms with E-state index in [1.54, 1.807) is 48.5 Å². The lowest BCUT2D eigenvalue weighted by atomic mass is 10.2. The second-order valence-electron chi connectivity index (χ2n) is 3.56. The summed E-state index contributed by atoms with van der Waals surface area (Å²) in [6, 6.07) is 16.8. The molecule has 0 saturated heterocycles. The Bertz CT molecular complexity index is 697. The Kier molecular flexibility index (Phi) is 3.92. The molecule has 2 aromatic carbocycles. The lowest BCUT2D eigenvalue weighted by Crippen LogP contribution is -2.03. The molecule has 2 rings (SSSR count). The van der Waals surface area contributed by atoms with E-state index in [0.717, 1.165) is 0 Å². The van der Waals surface area contributed by atoms with Crippen LogP contribution in [0.25, 0.3) is 0 Å². The zero-order valence-corrected chi connectivity index (χ0v) is 10.6. The van der Waals surface area contributed by atoms with Gasteiger partial charge in [-0.15, -0.1) is 0 Å². The summed E-state index contributed by atoms with van der Waals surface area (Å²) in [6.07, 6.45) is 0. The molecule has 0 bridgehead atoms. The second kappa shape index (κ2) is 5.81. The van der Waals surface area contributed by atoms with Crippen LogP contribution in [0, 0.1) is 22.7 Å². The van der Waals surface area contributed by atoms with Gasteiger partial charge in [0.1, 0.15) is 11.8 Å². The SMILES string of the molecule is N#Cc1ccc(OS(=O)c2ccccc2C#N)cc1. The predicted molar refractivity (Wildman–Crippen MR) is 69.4 cm³/mol. The molecule has 92 valence electrons. The van der Waals surface area contributed by atoms with E-state index in [1.807, 2.05) is 12.1 Å². The Morgan fingerprint density at radius 2 is 1.63 bits per heavy atom. The highest BCUT2D eigenvalue weighted by atomic mass is 32.2. The monoisotopic (exact) mass is 268 g/mol. The standard InChI is InChI=1S/C14H8N2O2S/c15-9-11-5-7-13(8-6-11)18-19(17)14-4-2-1-3-12(14)10-16/h1-8H. The van der Waals surface area contributed by atoms with Crippen LogP contribution < -0.4 is 4.18 Å². The van der Waals surface area contributed by atoms with E-state index in [0.29, 0.717) is 21.8 Å². The molecule has 1 atom stereocenters. The highest BCUT2D eigenvalue weighted by Crippen LogP contribution is 2.18. The molecule has 0 fully saturated rings. The smallest absolute Gasteiger partial charge is 0.242 e. The number of hydrogen-bond acceptors (Lipinski definition) is 4. The normalized spacial score (nSPS) is 11.1. The summed E-state index contributed by atoms with van der Waals surface area (Å²) < 4.78 is 17.3. The molecule has 1 unspecified atom stereocenters. The molecule has 2 aromatic rings. The van der Waals surface area contributed by atoms with Crippen molar-refractivity contribution in [2.45, 2.75) is 4.90 Å². The molecule has 0 N–H and O–H groups in total. The van der Waals surface area contributed by atoms with Gasteiger partial charge in [0.2, 0.25) is 11.1 Å². The van der Waals surface area contributed by atoms with Gasteiger partial charge in [0.25, 0.3) is 0 Å². The fourth-order valence-corrected chi connectivity index (χ4v) is 2.28. The van der Waals surface area contributed by atoms with Gasteiger partial charge in [-0.25, -0.2) is 4.21 Å². The molecule has 5 heteroatoms. The molecule has 0 aliphatic rings. The second-order valence-corrected chi connectivity index (χ2v) is 4.64. The summed E-state index contributed by atoms with van der Waals surface area (Å²) in [5.74, 6) is 0.380. The summed E-state index contributed by atoms with van der Waals surface area (Å²) in [7, 11) is 0. The highest BCUT2D eigenvalue weighted by molar-refractivity contribution is 7.80. The molecule has 0 saturated carbocycles. The summed E-state index contributed by atoms with van der Waals surface area (Å²) in [5, 5.41) is 17.6. The van der Waals surface area contributed by atoms with Crippen molar-refractivity contribution in [3.8, 4) is 17.9 Å². The van der Waals surface area contributed by atoms with Gasteiger partial charge in [0.15, 0.2) is 0 Å². The molecule has 19 heavy (non-hydrogen) atoms. The van der Waals surface area contributed by atoms with Gasteiger partial charge >= 0.3 is 0 Å². The first kappa shape index (κ1) is 12.8. The molecule has 0 aliphatic heterocycles. The molecule has 0 aromatic heterocycles. The average Bonchev–Trinajstić information content (AvgIpc) is 2.48. The van der Waals surface area contributed by atoms with E-state index < -0.39 is 11.1 Å². The molecule has 0 aliphatic carbocycles. The van der Waals surface area contributed by atoms with Crippen LogP contribution >= 0.6 is 0 Å². The van der Waals surface area contributed by atoms with Crippen molar-refractivity contribution in [1.82, 2.24) is 0 Å². The molecule has 0 radical (unpaired) electrons. The third-order valence-corrected chi connectivity index (χ3v) is 3.40. The molecule has 0 amide bonds. The number of hydrogen-bond donors (Lipinski definition) is 0. The minimum atomic E-state index is -1.76. The maximum absolute atomic E-state index is 12.0. The largest absolute Gasteiger partial charge is 0.397 e. The van der Waals surface area contributed by atoms with Crippen molar-refractivity contribution < 1.29 is 8.39 Å². The topological polar surface area (TPSA) is 73.9 Å². The van der Waals surface area contributed by atoms with E-state index in [9.17, 15) is 4.21 Å². The number of nitrogens with zero attached hydrogens (tertiary/aromatic N) is 2. The summed E-state index contributed by atoms with van der Waals surface area (Å²) in [4.78, 5) is 0.328. The Morgan fingerprint density at radius 3 is 2.26 bits per heavy atom. The molecule has 0 heterocycles. The molecule has 0 spiro atoms. The van der Waals surface area contributed by atoms with Crippen LogP contribution in [0.4, 0.5) is 0 Å². The maximum atomic E-state index is 12.0. The Hall–Kier alpha value is -2.63. The van der Waals surface area contributed by atoms with Gasteiger partial charge in [0, 0.05) is 0 Å². The first-order valence-electron chi connectivity index (χ1n) is 5.34. The van der Waals surface area contributed by atoms with Crippen molar-refractivity contribution in [3.63, 3.8) is 0 Å². The van der Waals surface area contributed by atoms with E-state index in [1.165, 1.54) is 0 Å². The first-order chi connectivity index (χ1) is 9.24. The van der Waals surface area contributed by atoms with Crippen LogP contribution in [0.15, 0.2) is 53.4 Å². The quantitative estimate of drug-likeness (QED) is 0.857. The zero-order valence-electron chi connectivity index (χ0n) is 9.74. The lowest BCUT2D eigenvalue weighted by molar-refractivity contribution is 0.562. The summed E-state index contributed by atoms with van der Waals surface area (Å²) >= 11 is -1.76. The van der Waals surface area contributed by atoms with Crippen LogP contribution in [0.3, 0.4) is 0 Å². The van der Waals surface area contributed by atoms with Gasteiger partial charge in [-0.3, -0.25) is 0 Å². The third kappa shape index (κ3) is 2.98. The first-order valence-corrected chi connectivity index (χ1v) is 6.41. The van der Waals surface area contributed by atoms with Gasteiger partial charge in [0.05, 0.1) is 22.1 Å². The van der Waals surface area contributed by atoms with E-state index in [2.05, 4.69) is 0 Å². The summed E-state index contributed by atoms with van der Waals surface area (Å²) in [5.41, 5.74) is 0.810. The molecule has 4 nitrogen and oxygen atoms in total. The Balaban J connectivity index is 2.21. The van der Waals surface area contributed by atoms with Crippen molar-refractivity contribution in [2.75, 3.05) is 0 Å². The van der Waals surface area contributed by atoms with Gasteiger partial charge in [-0.05, 0) is 36.4 Å². The van der Waals surface area contributed by atoms with Crippen LogP contribution in [-0.2, 0) is 11.1 Å². The van der Waals surface area contributed by atoms with Crippen molar-refractivity contribution in [1.29, 1.82) is 10.5 Å². The number of nitriles is 2. The van der Waals surface area contributed by atoms with E-state index in [-0.39, 0.29) is 0 Å². The number of benzene rings is 2. The average molecular weight is 268 g/mol. The van der Waals surface area contributed by atoms with Gasteiger partial charge in [-0.1, -0.05) is 12.1 Å². The van der Waals surface area contributed by atoms with E-state index >= 15 is 0 Å². The summed E-state index contributed by atoms with van der Waals surface area (Å²) in [6.45, 7) is 0. The number of rotatable bonds is 3. The van der Waals surface area contributed by atoms with Gasteiger partial charge < -0.3 is 4.18 Å². The van der Waals surface area contributed by atoms with Crippen LogP contribution in [0.5, 0.6) is 5.75 Å². The van der Waals surface area contributed by atoms with Crippen molar-refractivity contribution in [3.05, 3.63) is 59.7 Å². The highest BCUT2D eigenvalue weighted by Gasteiger charge is 2.11. The van der Waals surface area contributed by atoms with E-state index in [4.69, 9.17) is 14.7 Å². The zero-order chi connectivity index (χ0) is 13.7. The van der Waals surface area contributed by atoms with Crippen LogP contribution in [-0.4, -0.2) is 4.21 Å².